The van der Waals surface area contributed by atoms with E-state index in [2.05, 4.69) is 15.5 Å². The highest BCUT2D eigenvalue weighted by atomic mass is 35.5. The Morgan fingerprint density at radius 1 is 1.06 bits per heavy atom. The van der Waals surface area contributed by atoms with E-state index in [1.165, 1.54) is 0 Å². The fraction of sp³-hybridized carbons (Fsp3) is 0.0909. The summed E-state index contributed by atoms with van der Waals surface area (Å²) in [4.78, 5) is 0. The minimum Gasteiger partial charge on any atom is -0.378 e. The van der Waals surface area contributed by atoms with Crippen LogP contribution >= 0.6 is 34.8 Å². The molecule has 0 aliphatic carbocycles. The van der Waals surface area contributed by atoms with E-state index in [1.54, 1.807) is 6.07 Å². The topological polar surface area (TPSA) is 37.8 Å². The van der Waals surface area contributed by atoms with Gasteiger partial charge in [0, 0.05) is 17.6 Å². The molecule has 1 aromatic carbocycles. The number of nitrogens with zero attached hydrogens (tertiary/aromatic N) is 2. The molecule has 3 nitrogen and oxygen atoms in total. The maximum absolute atomic E-state index is 6.03. The number of aromatic nitrogens is 2. The summed E-state index contributed by atoms with van der Waals surface area (Å²) in [5.74, 6) is 0. The molecule has 2 aromatic rings. The Labute approximate surface area is 114 Å². The third kappa shape index (κ3) is 3.22. The van der Waals surface area contributed by atoms with Crippen LogP contribution in [0.25, 0.3) is 0 Å². The molecule has 0 saturated carbocycles. The van der Waals surface area contributed by atoms with Gasteiger partial charge < -0.3 is 5.32 Å². The number of benzene rings is 1. The normalized spacial score (nSPS) is 10.3. The fourth-order valence-corrected chi connectivity index (χ4v) is 1.82. The molecule has 0 atom stereocenters. The Kier molecular flexibility index (Phi) is 4.05. The average molecular weight is 289 g/mol. The van der Waals surface area contributed by atoms with Crippen molar-refractivity contribution in [3.8, 4) is 0 Å². The van der Waals surface area contributed by atoms with Gasteiger partial charge in [0.1, 0.15) is 0 Å². The van der Waals surface area contributed by atoms with Crippen LogP contribution in [0.5, 0.6) is 0 Å². The fourth-order valence-electron chi connectivity index (χ4n) is 1.31. The van der Waals surface area contributed by atoms with E-state index < -0.39 is 0 Å². The van der Waals surface area contributed by atoms with E-state index in [0.29, 0.717) is 17.3 Å². The van der Waals surface area contributed by atoms with Crippen molar-refractivity contribution in [1.29, 1.82) is 0 Å². The first kappa shape index (κ1) is 12.4. The van der Waals surface area contributed by atoms with Crippen LogP contribution in [0, 0.1) is 0 Å². The molecular formula is C11H8Cl3N3. The first-order chi connectivity index (χ1) is 8.16. The zero-order valence-electron chi connectivity index (χ0n) is 8.62. The van der Waals surface area contributed by atoms with Crippen molar-refractivity contribution in [2.45, 2.75) is 6.54 Å². The number of halogens is 3. The smallest absolute Gasteiger partial charge is 0.174 e. The molecule has 0 radical (unpaired) electrons. The molecular weight excluding hydrogens is 281 g/mol. The van der Waals surface area contributed by atoms with Crippen LogP contribution in [0.15, 0.2) is 30.3 Å². The maximum Gasteiger partial charge on any atom is 0.174 e. The Balaban J connectivity index is 2.12. The lowest BCUT2D eigenvalue weighted by Gasteiger charge is -2.08. The second kappa shape index (κ2) is 5.54. The molecule has 1 heterocycles. The summed E-state index contributed by atoms with van der Waals surface area (Å²) in [5, 5.41) is 11.7. The van der Waals surface area contributed by atoms with E-state index in [1.807, 2.05) is 24.3 Å². The summed E-state index contributed by atoms with van der Waals surface area (Å²) in [7, 11) is 0. The summed E-state index contributed by atoms with van der Waals surface area (Å²) >= 11 is 17.6. The molecule has 0 aliphatic rings. The van der Waals surface area contributed by atoms with Gasteiger partial charge in [-0.3, -0.25) is 0 Å². The highest BCUT2D eigenvalue weighted by molar-refractivity contribution is 6.33. The van der Waals surface area contributed by atoms with Gasteiger partial charge in [-0.2, -0.15) is 0 Å². The molecule has 17 heavy (non-hydrogen) atoms. The van der Waals surface area contributed by atoms with Crippen LogP contribution in [-0.2, 0) is 6.54 Å². The predicted molar refractivity (Wildman–Crippen MR) is 70.8 cm³/mol. The van der Waals surface area contributed by atoms with Crippen LogP contribution < -0.4 is 5.32 Å². The van der Waals surface area contributed by atoms with Crippen LogP contribution in [0.1, 0.15) is 5.56 Å². The van der Waals surface area contributed by atoms with Gasteiger partial charge >= 0.3 is 0 Å². The summed E-state index contributed by atoms with van der Waals surface area (Å²) in [6, 6.07) is 9.18. The monoisotopic (exact) mass is 287 g/mol. The van der Waals surface area contributed by atoms with Gasteiger partial charge in [0.25, 0.3) is 0 Å². The molecule has 6 heteroatoms. The van der Waals surface area contributed by atoms with E-state index >= 15 is 0 Å². The highest BCUT2D eigenvalue weighted by Crippen LogP contribution is 2.23. The van der Waals surface area contributed by atoms with Crippen molar-refractivity contribution in [2.75, 3.05) is 5.32 Å². The Bertz CT molecular complexity index is 531. The molecule has 0 aliphatic heterocycles. The summed E-state index contributed by atoms with van der Waals surface area (Å²) < 4.78 is 0. The van der Waals surface area contributed by atoms with Crippen molar-refractivity contribution < 1.29 is 0 Å². The molecule has 0 unspecified atom stereocenters. The van der Waals surface area contributed by atoms with Crippen LogP contribution in [-0.4, -0.2) is 10.2 Å². The summed E-state index contributed by atoms with van der Waals surface area (Å²) in [6.07, 6.45) is 0. The first-order valence-corrected chi connectivity index (χ1v) is 5.96. The van der Waals surface area contributed by atoms with Gasteiger partial charge in [-0.15, -0.1) is 10.2 Å². The largest absolute Gasteiger partial charge is 0.378 e. The summed E-state index contributed by atoms with van der Waals surface area (Å²) in [5.41, 5.74) is 1.60. The number of nitrogens with one attached hydrogen (secondary N) is 1. The SMILES string of the molecule is Clc1cc(NCc2ccccc2Cl)c(Cl)nn1. The van der Waals surface area contributed by atoms with Crippen molar-refractivity contribution in [3.05, 3.63) is 51.2 Å². The molecule has 1 aromatic heterocycles. The Morgan fingerprint density at radius 3 is 2.59 bits per heavy atom. The lowest BCUT2D eigenvalue weighted by atomic mass is 10.2. The predicted octanol–water partition coefficient (Wildman–Crippen LogP) is 4.05. The van der Waals surface area contributed by atoms with Gasteiger partial charge in [0.15, 0.2) is 10.3 Å². The maximum atomic E-state index is 6.03. The van der Waals surface area contributed by atoms with Gasteiger partial charge in [0.05, 0.1) is 5.69 Å². The lowest BCUT2D eigenvalue weighted by Crippen LogP contribution is -2.02. The minimum absolute atomic E-state index is 0.279. The Morgan fingerprint density at radius 2 is 1.82 bits per heavy atom. The van der Waals surface area contributed by atoms with Gasteiger partial charge in [0.2, 0.25) is 0 Å². The van der Waals surface area contributed by atoms with E-state index in [0.717, 1.165) is 5.56 Å². The molecule has 0 amide bonds. The van der Waals surface area contributed by atoms with Crippen molar-refractivity contribution in [2.24, 2.45) is 0 Å². The number of hydrogen-bond acceptors (Lipinski definition) is 3. The van der Waals surface area contributed by atoms with Crippen LogP contribution in [0.2, 0.25) is 15.3 Å². The van der Waals surface area contributed by atoms with Crippen LogP contribution in [0.4, 0.5) is 5.69 Å². The average Bonchev–Trinajstić information content (AvgIpc) is 2.32. The quantitative estimate of drug-likeness (QED) is 0.926. The molecule has 0 spiro atoms. The third-order valence-corrected chi connectivity index (χ3v) is 2.98. The van der Waals surface area contributed by atoms with Gasteiger partial charge in [-0.05, 0) is 11.6 Å². The van der Waals surface area contributed by atoms with Crippen molar-refractivity contribution >= 4 is 40.5 Å². The van der Waals surface area contributed by atoms with E-state index in [4.69, 9.17) is 34.8 Å². The number of hydrogen-bond donors (Lipinski definition) is 1. The zero-order valence-corrected chi connectivity index (χ0v) is 10.9. The first-order valence-electron chi connectivity index (χ1n) is 4.83. The lowest BCUT2D eigenvalue weighted by molar-refractivity contribution is 1.02. The Hall–Kier alpha value is -1.03. The highest BCUT2D eigenvalue weighted by Gasteiger charge is 2.05. The van der Waals surface area contributed by atoms with E-state index in [9.17, 15) is 0 Å². The summed E-state index contributed by atoms with van der Waals surface area (Å²) in [6.45, 7) is 0.543. The molecule has 88 valence electrons. The van der Waals surface area contributed by atoms with Crippen LogP contribution in [0.3, 0.4) is 0 Å². The zero-order chi connectivity index (χ0) is 12.3. The molecule has 0 fully saturated rings. The van der Waals surface area contributed by atoms with Gasteiger partial charge in [-0.1, -0.05) is 53.0 Å². The number of anilines is 1. The second-order valence-corrected chi connectivity index (χ2v) is 4.47. The van der Waals surface area contributed by atoms with Crippen molar-refractivity contribution in [1.82, 2.24) is 10.2 Å². The van der Waals surface area contributed by atoms with E-state index in [-0.39, 0.29) is 10.3 Å². The molecule has 1 N–H and O–H groups in total. The standard InChI is InChI=1S/C11H8Cl3N3/c12-8-4-2-1-3-7(8)6-15-9-5-10(13)16-17-11(9)14/h1-5H,6H2,(H,15,16). The number of rotatable bonds is 3. The van der Waals surface area contributed by atoms with Gasteiger partial charge in [-0.25, -0.2) is 0 Å². The third-order valence-electron chi connectivity index (χ3n) is 2.15. The minimum atomic E-state index is 0.279. The molecule has 0 bridgehead atoms. The molecule has 0 saturated heterocycles. The van der Waals surface area contributed by atoms with Crippen molar-refractivity contribution in [3.63, 3.8) is 0 Å². The molecule has 2 rings (SSSR count). The second-order valence-electron chi connectivity index (χ2n) is 3.32.